The van der Waals surface area contributed by atoms with Crippen LogP contribution in [0.2, 0.25) is 0 Å². The van der Waals surface area contributed by atoms with Gasteiger partial charge in [0.15, 0.2) is 0 Å². The average molecular weight is 259 g/mol. The molecule has 7 heteroatoms. The number of hydrogen-bond donors (Lipinski definition) is 0. The standard InChI is InChI=1S/C9H19NO4S.Na/c1-5-10(6-7-15(12)13)8(11)14-9(2,3)4;/h5-7H2,1-4H3,(H,12,13);/q;+1/p-1. The van der Waals surface area contributed by atoms with Gasteiger partial charge in [0.2, 0.25) is 0 Å². The van der Waals surface area contributed by atoms with Gasteiger partial charge in [-0.25, -0.2) is 4.79 Å². The second-order valence-electron chi connectivity index (χ2n) is 4.07. The van der Waals surface area contributed by atoms with Gasteiger partial charge in [-0.1, -0.05) is 11.1 Å². The van der Waals surface area contributed by atoms with Crippen LogP contribution < -0.4 is 29.6 Å². The summed E-state index contributed by atoms with van der Waals surface area (Å²) in [7, 11) is 0. The first-order valence-electron chi connectivity index (χ1n) is 4.80. The SMILES string of the molecule is CCN(CCS(=O)[O-])C(=O)OC(C)(C)C.[Na+]. The molecule has 0 saturated carbocycles. The van der Waals surface area contributed by atoms with Crippen molar-refractivity contribution in [2.45, 2.75) is 33.3 Å². The van der Waals surface area contributed by atoms with Gasteiger partial charge in [-0.15, -0.1) is 0 Å². The zero-order valence-electron chi connectivity index (χ0n) is 10.6. The molecule has 0 heterocycles. The van der Waals surface area contributed by atoms with Gasteiger partial charge in [-0.3, -0.25) is 4.21 Å². The molecule has 1 unspecified atom stereocenters. The Kier molecular flexibility index (Phi) is 9.92. The van der Waals surface area contributed by atoms with Crippen molar-refractivity contribution < 1.29 is 47.9 Å². The van der Waals surface area contributed by atoms with Gasteiger partial charge in [0, 0.05) is 18.8 Å². The average Bonchev–Trinajstić information content (AvgIpc) is 2.01. The van der Waals surface area contributed by atoms with Crippen LogP contribution in [0.1, 0.15) is 27.7 Å². The van der Waals surface area contributed by atoms with Gasteiger partial charge in [0.25, 0.3) is 0 Å². The molecule has 0 saturated heterocycles. The molecule has 1 amide bonds. The fourth-order valence-corrected chi connectivity index (χ4v) is 1.26. The molecule has 0 bridgehead atoms. The number of carbonyl (C=O) groups is 1. The third kappa shape index (κ3) is 9.59. The van der Waals surface area contributed by atoms with Crippen LogP contribution in [0.15, 0.2) is 0 Å². The Balaban J connectivity index is 0. The maximum atomic E-state index is 11.5. The van der Waals surface area contributed by atoms with E-state index in [4.69, 9.17) is 4.74 Å². The van der Waals surface area contributed by atoms with Crippen molar-refractivity contribution in [3.8, 4) is 0 Å². The Hall–Kier alpha value is 0.380. The molecule has 0 aromatic heterocycles. The van der Waals surface area contributed by atoms with E-state index in [0.29, 0.717) is 6.54 Å². The van der Waals surface area contributed by atoms with Gasteiger partial charge >= 0.3 is 35.7 Å². The molecule has 0 radical (unpaired) electrons. The zero-order valence-corrected chi connectivity index (χ0v) is 13.4. The zero-order chi connectivity index (χ0) is 12.1. The summed E-state index contributed by atoms with van der Waals surface area (Å²) in [6, 6.07) is 0. The molecule has 90 valence electrons. The van der Waals surface area contributed by atoms with E-state index in [1.807, 2.05) is 0 Å². The molecule has 5 nitrogen and oxygen atoms in total. The maximum Gasteiger partial charge on any atom is 1.00 e. The van der Waals surface area contributed by atoms with Crippen LogP contribution in [-0.2, 0) is 15.8 Å². The molecular weight excluding hydrogens is 241 g/mol. The fraction of sp³-hybridized carbons (Fsp3) is 0.889. The van der Waals surface area contributed by atoms with E-state index in [1.165, 1.54) is 4.90 Å². The van der Waals surface area contributed by atoms with E-state index in [-0.39, 0.29) is 41.9 Å². The first-order valence-corrected chi connectivity index (χ1v) is 6.04. The Morgan fingerprint density at radius 3 is 2.25 bits per heavy atom. The number of ether oxygens (including phenoxy) is 1. The van der Waals surface area contributed by atoms with Crippen LogP contribution in [0, 0.1) is 0 Å². The summed E-state index contributed by atoms with van der Waals surface area (Å²) in [6.07, 6.45) is -0.476. The molecule has 0 rings (SSSR count). The number of nitrogens with zero attached hydrogens (tertiary/aromatic N) is 1. The molecule has 0 aromatic carbocycles. The van der Waals surface area contributed by atoms with Crippen molar-refractivity contribution in [3.63, 3.8) is 0 Å². The number of carbonyl (C=O) groups excluding carboxylic acids is 1. The minimum absolute atomic E-state index is 0. The van der Waals surface area contributed by atoms with Gasteiger partial charge in [-0.05, 0) is 27.7 Å². The van der Waals surface area contributed by atoms with Crippen LogP contribution in [0.5, 0.6) is 0 Å². The van der Waals surface area contributed by atoms with Gasteiger partial charge in [0.05, 0.1) is 0 Å². The molecular formula is C9H18NNaO4S. The second-order valence-corrected chi connectivity index (χ2v) is 5.08. The summed E-state index contributed by atoms with van der Waals surface area (Å²) in [6.45, 7) is 7.69. The Morgan fingerprint density at radius 1 is 1.44 bits per heavy atom. The number of amides is 1. The van der Waals surface area contributed by atoms with Gasteiger partial charge in [0.1, 0.15) is 5.60 Å². The van der Waals surface area contributed by atoms with Crippen LogP contribution in [0.25, 0.3) is 0 Å². The fourth-order valence-electron chi connectivity index (χ4n) is 0.890. The van der Waals surface area contributed by atoms with Crippen molar-refractivity contribution in [2.24, 2.45) is 0 Å². The molecule has 0 aliphatic heterocycles. The molecule has 0 aliphatic carbocycles. The summed E-state index contributed by atoms with van der Waals surface area (Å²) in [5.41, 5.74) is -0.554. The molecule has 0 aliphatic rings. The third-order valence-corrected chi connectivity index (χ3v) is 2.08. The summed E-state index contributed by atoms with van der Waals surface area (Å²) in [5, 5.41) is 0. The van der Waals surface area contributed by atoms with E-state index in [2.05, 4.69) is 0 Å². The third-order valence-electron chi connectivity index (χ3n) is 1.56. The maximum absolute atomic E-state index is 11.5. The predicted octanol–water partition coefficient (Wildman–Crippen LogP) is -1.87. The van der Waals surface area contributed by atoms with E-state index in [1.54, 1.807) is 27.7 Å². The van der Waals surface area contributed by atoms with E-state index in [0.717, 1.165) is 0 Å². The van der Waals surface area contributed by atoms with E-state index < -0.39 is 22.8 Å². The molecule has 1 atom stereocenters. The number of rotatable bonds is 4. The monoisotopic (exact) mass is 259 g/mol. The van der Waals surface area contributed by atoms with Crippen LogP contribution >= 0.6 is 0 Å². The second kappa shape index (κ2) is 8.47. The van der Waals surface area contributed by atoms with Gasteiger partial charge in [-0.2, -0.15) is 0 Å². The number of hydrogen-bond acceptors (Lipinski definition) is 4. The minimum atomic E-state index is -2.13. The van der Waals surface area contributed by atoms with E-state index in [9.17, 15) is 13.6 Å². The minimum Gasteiger partial charge on any atom is -0.772 e. The van der Waals surface area contributed by atoms with Crippen LogP contribution in [0.3, 0.4) is 0 Å². The Labute approximate surface area is 121 Å². The quantitative estimate of drug-likeness (QED) is 0.438. The Bertz CT molecular complexity index is 242. The van der Waals surface area contributed by atoms with E-state index >= 15 is 0 Å². The van der Waals surface area contributed by atoms with Crippen molar-refractivity contribution in [3.05, 3.63) is 0 Å². The molecule has 0 spiro atoms. The first kappa shape index (κ1) is 18.7. The summed E-state index contributed by atoms with van der Waals surface area (Å²) < 4.78 is 25.8. The summed E-state index contributed by atoms with van der Waals surface area (Å²) in [4.78, 5) is 12.9. The normalized spacial score (nSPS) is 12.6. The van der Waals surface area contributed by atoms with Crippen LogP contribution in [0.4, 0.5) is 4.79 Å². The molecule has 16 heavy (non-hydrogen) atoms. The van der Waals surface area contributed by atoms with Crippen molar-refractivity contribution >= 4 is 17.2 Å². The van der Waals surface area contributed by atoms with Crippen molar-refractivity contribution in [2.75, 3.05) is 18.8 Å². The summed E-state index contributed by atoms with van der Waals surface area (Å²) in [5.74, 6) is -0.0624. The molecule has 0 N–H and O–H groups in total. The van der Waals surface area contributed by atoms with Crippen LogP contribution in [-0.4, -0.2) is 44.2 Å². The Morgan fingerprint density at radius 2 is 1.94 bits per heavy atom. The van der Waals surface area contributed by atoms with Crippen molar-refractivity contribution in [1.82, 2.24) is 4.90 Å². The smallest absolute Gasteiger partial charge is 0.772 e. The molecule has 0 fully saturated rings. The first-order chi connectivity index (χ1) is 6.76. The largest absolute Gasteiger partial charge is 1.00 e. The molecule has 0 aromatic rings. The summed E-state index contributed by atoms with van der Waals surface area (Å²) >= 11 is -2.13. The topological polar surface area (TPSA) is 69.7 Å². The van der Waals surface area contributed by atoms with Gasteiger partial charge < -0.3 is 14.2 Å². The van der Waals surface area contributed by atoms with Crippen molar-refractivity contribution in [1.29, 1.82) is 0 Å². The predicted molar refractivity (Wildman–Crippen MR) is 57.3 cm³/mol.